The van der Waals surface area contributed by atoms with Crippen LogP contribution in [-0.2, 0) is 0 Å². The average molecular weight is 152 g/mol. The Morgan fingerprint density at radius 2 is 2.27 bits per heavy atom. The summed E-state index contributed by atoms with van der Waals surface area (Å²) in [6.07, 6.45) is 3.23. The van der Waals surface area contributed by atoms with Crippen molar-refractivity contribution in [2.75, 3.05) is 12.3 Å². The van der Waals surface area contributed by atoms with Crippen LogP contribution in [0.5, 0.6) is 0 Å². The summed E-state index contributed by atoms with van der Waals surface area (Å²) >= 11 is 0. The number of rotatable bonds is 2. The van der Waals surface area contributed by atoms with Crippen LogP contribution in [0.25, 0.3) is 0 Å². The topological polar surface area (TPSA) is 91.0 Å². The number of hydrogen-bond acceptors (Lipinski definition) is 4. The Bertz CT molecular complexity index is 236. The highest BCUT2D eigenvalue weighted by Gasteiger charge is 2.05. The van der Waals surface area contributed by atoms with Crippen LogP contribution in [0.3, 0.4) is 0 Å². The molecule has 1 aromatic heterocycles. The van der Waals surface area contributed by atoms with Gasteiger partial charge >= 0.3 is 0 Å². The Morgan fingerprint density at radius 1 is 1.55 bits per heavy atom. The van der Waals surface area contributed by atoms with Gasteiger partial charge in [-0.05, 0) is 11.6 Å². The molecule has 0 bridgehead atoms. The molecule has 0 fully saturated rings. The summed E-state index contributed by atoms with van der Waals surface area (Å²) in [4.78, 5) is 3.84. The van der Waals surface area contributed by atoms with Crippen molar-refractivity contribution in [3.8, 4) is 0 Å². The van der Waals surface area contributed by atoms with E-state index in [2.05, 4.69) is 4.98 Å². The zero-order chi connectivity index (χ0) is 8.27. The summed E-state index contributed by atoms with van der Waals surface area (Å²) in [7, 11) is 0. The van der Waals surface area contributed by atoms with Crippen molar-refractivity contribution >= 4 is 5.69 Å². The van der Waals surface area contributed by atoms with Crippen LogP contribution in [0, 0.1) is 0 Å². The minimum atomic E-state index is -0.182. The first-order chi connectivity index (χ1) is 5.25. The predicted molar refractivity (Wildman–Crippen MR) is 44.6 cm³/mol. The molecule has 0 unspecified atom stereocenters. The van der Waals surface area contributed by atoms with E-state index in [1.165, 1.54) is 0 Å². The molecule has 1 heterocycles. The molecule has 6 N–H and O–H groups in total. The Kier molecular flexibility index (Phi) is 2.40. The van der Waals surface area contributed by atoms with E-state index in [1.807, 2.05) is 0 Å². The van der Waals surface area contributed by atoms with Gasteiger partial charge in [-0.15, -0.1) is 0 Å². The summed E-state index contributed by atoms with van der Waals surface area (Å²) in [5, 5.41) is 0. The molecule has 0 aliphatic rings. The molecule has 0 aliphatic carbocycles. The molecule has 1 atom stereocenters. The molecule has 1 rings (SSSR count). The lowest BCUT2D eigenvalue weighted by molar-refractivity contribution is 0.738. The molecular weight excluding hydrogens is 140 g/mol. The van der Waals surface area contributed by atoms with Gasteiger partial charge in [0.2, 0.25) is 0 Å². The summed E-state index contributed by atoms with van der Waals surface area (Å²) in [5.74, 6) is 0. The van der Waals surface area contributed by atoms with Crippen LogP contribution in [0.1, 0.15) is 11.6 Å². The van der Waals surface area contributed by atoms with Crippen molar-refractivity contribution in [1.29, 1.82) is 0 Å². The van der Waals surface area contributed by atoms with E-state index in [4.69, 9.17) is 17.2 Å². The van der Waals surface area contributed by atoms with E-state index in [1.54, 1.807) is 18.5 Å². The average Bonchev–Trinajstić information content (AvgIpc) is 2.04. The number of aromatic nitrogens is 1. The molecule has 1 aromatic rings. The van der Waals surface area contributed by atoms with Crippen molar-refractivity contribution in [3.05, 3.63) is 24.0 Å². The second-order valence-electron chi connectivity index (χ2n) is 2.35. The van der Waals surface area contributed by atoms with Crippen LogP contribution in [-0.4, -0.2) is 11.5 Å². The van der Waals surface area contributed by atoms with E-state index in [-0.39, 0.29) is 6.04 Å². The Hall–Kier alpha value is -1.13. The van der Waals surface area contributed by atoms with Crippen LogP contribution < -0.4 is 17.2 Å². The van der Waals surface area contributed by atoms with Crippen LogP contribution in [0.4, 0.5) is 5.69 Å². The lowest BCUT2D eigenvalue weighted by Crippen LogP contribution is -2.21. The van der Waals surface area contributed by atoms with Crippen LogP contribution in [0.2, 0.25) is 0 Å². The summed E-state index contributed by atoms with van der Waals surface area (Å²) in [5.41, 5.74) is 18.1. The van der Waals surface area contributed by atoms with E-state index in [0.29, 0.717) is 12.2 Å². The smallest absolute Gasteiger partial charge is 0.0549 e. The molecule has 0 aliphatic heterocycles. The quantitative estimate of drug-likeness (QED) is 0.539. The van der Waals surface area contributed by atoms with E-state index in [0.717, 1.165) is 5.56 Å². The fraction of sp³-hybridized carbons (Fsp3) is 0.286. The third kappa shape index (κ3) is 1.66. The SMILES string of the molecule is NC[C@H](N)c1ccncc1N. The molecule has 0 saturated heterocycles. The van der Waals surface area contributed by atoms with Crippen molar-refractivity contribution in [1.82, 2.24) is 4.98 Å². The Labute approximate surface area is 65.4 Å². The molecule has 0 spiro atoms. The molecule has 0 radical (unpaired) electrons. The fourth-order valence-electron chi connectivity index (χ4n) is 0.882. The van der Waals surface area contributed by atoms with Gasteiger partial charge in [0, 0.05) is 18.8 Å². The molecule has 60 valence electrons. The first-order valence-corrected chi connectivity index (χ1v) is 3.40. The maximum absolute atomic E-state index is 5.66. The van der Waals surface area contributed by atoms with Gasteiger partial charge in [-0.1, -0.05) is 0 Å². The molecule has 4 heteroatoms. The first-order valence-electron chi connectivity index (χ1n) is 3.40. The molecule has 4 nitrogen and oxygen atoms in total. The van der Waals surface area contributed by atoms with Gasteiger partial charge in [-0.2, -0.15) is 0 Å². The highest BCUT2D eigenvalue weighted by atomic mass is 14.8. The third-order valence-electron chi connectivity index (χ3n) is 1.54. The van der Waals surface area contributed by atoms with Gasteiger partial charge in [0.05, 0.1) is 11.9 Å². The second-order valence-corrected chi connectivity index (χ2v) is 2.35. The standard InChI is InChI=1S/C7H12N4/c8-3-6(9)5-1-2-11-4-7(5)10/h1-2,4,6H,3,8-10H2/t6-/m0/s1. The van der Waals surface area contributed by atoms with Crippen LogP contribution in [0.15, 0.2) is 18.5 Å². The second kappa shape index (κ2) is 3.32. The van der Waals surface area contributed by atoms with Gasteiger partial charge in [-0.3, -0.25) is 4.98 Å². The van der Waals surface area contributed by atoms with Crippen molar-refractivity contribution in [3.63, 3.8) is 0 Å². The number of anilines is 1. The lowest BCUT2D eigenvalue weighted by atomic mass is 10.1. The van der Waals surface area contributed by atoms with Crippen molar-refractivity contribution in [2.24, 2.45) is 11.5 Å². The van der Waals surface area contributed by atoms with Gasteiger partial charge in [-0.25, -0.2) is 0 Å². The number of hydrogen-bond donors (Lipinski definition) is 3. The summed E-state index contributed by atoms with van der Waals surface area (Å²) in [6.45, 7) is 0.397. The van der Waals surface area contributed by atoms with Gasteiger partial charge in [0.15, 0.2) is 0 Å². The molecule has 0 saturated carbocycles. The molecule has 0 amide bonds. The maximum atomic E-state index is 5.66. The Balaban J connectivity index is 2.93. The van der Waals surface area contributed by atoms with Gasteiger partial charge in [0.25, 0.3) is 0 Å². The number of pyridine rings is 1. The monoisotopic (exact) mass is 152 g/mol. The van der Waals surface area contributed by atoms with E-state index in [9.17, 15) is 0 Å². The zero-order valence-corrected chi connectivity index (χ0v) is 6.20. The van der Waals surface area contributed by atoms with Crippen molar-refractivity contribution in [2.45, 2.75) is 6.04 Å². The minimum Gasteiger partial charge on any atom is -0.397 e. The van der Waals surface area contributed by atoms with E-state index >= 15 is 0 Å². The predicted octanol–water partition coefficient (Wildman–Crippen LogP) is -0.378. The third-order valence-corrected chi connectivity index (χ3v) is 1.54. The fourth-order valence-corrected chi connectivity index (χ4v) is 0.882. The van der Waals surface area contributed by atoms with Crippen LogP contribution >= 0.6 is 0 Å². The highest BCUT2D eigenvalue weighted by Crippen LogP contribution is 2.14. The lowest BCUT2D eigenvalue weighted by Gasteiger charge is -2.10. The zero-order valence-electron chi connectivity index (χ0n) is 6.20. The molecule has 0 aromatic carbocycles. The van der Waals surface area contributed by atoms with Crippen molar-refractivity contribution < 1.29 is 0 Å². The highest BCUT2D eigenvalue weighted by molar-refractivity contribution is 5.45. The summed E-state index contributed by atoms with van der Waals surface area (Å²) in [6, 6.07) is 1.60. The van der Waals surface area contributed by atoms with Gasteiger partial charge < -0.3 is 17.2 Å². The summed E-state index contributed by atoms with van der Waals surface area (Å²) < 4.78 is 0. The maximum Gasteiger partial charge on any atom is 0.0549 e. The number of nitrogen functional groups attached to an aromatic ring is 1. The van der Waals surface area contributed by atoms with Gasteiger partial charge in [0.1, 0.15) is 0 Å². The minimum absolute atomic E-state index is 0.182. The number of nitrogens with two attached hydrogens (primary N) is 3. The first kappa shape index (κ1) is 7.97. The molecule has 11 heavy (non-hydrogen) atoms. The largest absolute Gasteiger partial charge is 0.397 e. The van der Waals surface area contributed by atoms with E-state index < -0.39 is 0 Å². The number of nitrogens with zero attached hydrogens (tertiary/aromatic N) is 1. The molecular formula is C7H12N4. The normalized spacial score (nSPS) is 12.9. The Morgan fingerprint density at radius 3 is 2.82 bits per heavy atom.